The molecule has 0 aromatic heterocycles. The van der Waals surface area contributed by atoms with E-state index in [9.17, 15) is 0 Å². The average molecular weight is 257 g/mol. The summed E-state index contributed by atoms with van der Waals surface area (Å²) in [6.07, 6.45) is 0. The van der Waals surface area contributed by atoms with Gasteiger partial charge in [-0.3, -0.25) is 4.90 Å². The topological polar surface area (TPSA) is 24.5 Å². The Morgan fingerprint density at radius 1 is 1.35 bits per heavy atom. The van der Waals surface area contributed by atoms with Crippen LogP contribution in [0.25, 0.3) is 0 Å². The first-order valence-corrected chi connectivity index (χ1v) is 5.98. The Labute approximate surface area is 110 Å². The summed E-state index contributed by atoms with van der Waals surface area (Å²) in [7, 11) is 0. The molecule has 1 N–H and O–H groups in total. The van der Waals surface area contributed by atoms with E-state index in [1.807, 2.05) is 30.3 Å². The second-order valence-electron chi connectivity index (χ2n) is 4.32. The number of hydrogen-bond acceptors (Lipinski definition) is 3. The van der Waals surface area contributed by atoms with Crippen molar-refractivity contribution in [3.05, 3.63) is 30.3 Å². The number of rotatable bonds is 4. The van der Waals surface area contributed by atoms with E-state index in [0.717, 1.165) is 38.5 Å². The second kappa shape index (κ2) is 7.54. The number of para-hydroxylation sites is 1. The number of hydrogen-bond donors (Lipinski definition) is 1. The maximum Gasteiger partial charge on any atom is 0.119 e. The molecule has 4 heteroatoms. The highest BCUT2D eigenvalue weighted by atomic mass is 35.5. The summed E-state index contributed by atoms with van der Waals surface area (Å²) in [5, 5.41) is 3.44. The first-order valence-electron chi connectivity index (χ1n) is 5.98. The van der Waals surface area contributed by atoms with Crippen LogP contribution in [-0.4, -0.2) is 43.7 Å². The van der Waals surface area contributed by atoms with Gasteiger partial charge in [0.05, 0.1) is 0 Å². The van der Waals surface area contributed by atoms with Crippen molar-refractivity contribution in [2.24, 2.45) is 0 Å². The highest BCUT2D eigenvalue weighted by Gasteiger charge is 2.14. The van der Waals surface area contributed by atoms with Crippen molar-refractivity contribution in [1.29, 1.82) is 0 Å². The summed E-state index contributed by atoms with van der Waals surface area (Å²) in [6.45, 7) is 7.36. The lowest BCUT2D eigenvalue weighted by molar-refractivity contribution is 0.170. The third kappa shape index (κ3) is 4.94. The Morgan fingerprint density at radius 3 is 2.82 bits per heavy atom. The van der Waals surface area contributed by atoms with Crippen LogP contribution in [-0.2, 0) is 0 Å². The number of piperazine rings is 1. The first kappa shape index (κ1) is 14.3. The molecule has 1 aliphatic heterocycles. The first-order chi connectivity index (χ1) is 7.84. The molecule has 0 amide bonds. The Kier molecular flexibility index (Phi) is 6.34. The highest BCUT2D eigenvalue weighted by molar-refractivity contribution is 5.85. The molecule has 1 heterocycles. The molecule has 1 aromatic carbocycles. The minimum absolute atomic E-state index is 0. The lowest BCUT2D eigenvalue weighted by Crippen LogP contribution is -2.50. The Hall–Kier alpha value is -0.770. The fourth-order valence-corrected chi connectivity index (χ4v) is 2.02. The normalized spacial score (nSPS) is 20.6. The molecular weight excluding hydrogens is 236 g/mol. The van der Waals surface area contributed by atoms with E-state index in [0.29, 0.717) is 6.04 Å². The zero-order valence-electron chi connectivity index (χ0n) is 10.3. The molecule has 1 fully saturated rings. The van der Waals surface area contributed by atoms with Gasteiger partial charge < -0.3 is 10.1 Å². The van der Waals surface area contributed by atoms with E-state index >= 15 is 0 Å². The minimum Gasteiger partial charge on any atom is -0.492 e. The maximum absolute atomic E-state index is 5.68. The molecule has 96 valence electrons. The van der Waals surface area contributed by atoms with Crippen molar-refractivity contribution in [2.75, 3.05) is 32.8 Å². The van der Waals surface area contributed by atoms with Crippen molar-refractivity contribution in [3.8, 4) is 5.75 Å². The zero-order chi connectivity index (χ0) is 11.2. The molecule has 0 saturated carbocycles. The molecule has 3 nitrogen and oxygen atoms in total. The zero-order valence-corrected chi connectivity index (χ0v) is 11.1. The van der Waals surface area contributed by atoms with E-state index in [4.69, 9.17) is 4.74 Å². The summed E-state index contributed by atoms with van der Waals surface area (Å²) in [5.41, 5.74) is 0. The van der Waals surface area contributed by atoms with Gasteiger partial charge in [0.2, 0.25) is 0 Å². The van der Waals surface area contributed by atoms with Gasteiger partial charge in [0, 0.05) is 32.2 Å². The van der Waals surface area contributed by atoms with Gasteiger partial charge in [-0.05, 0) is 19.1 Å². The van der Waals surface area contributed by atoms with Crippen LogP contribution in [0.1, 0.15) is 6.92 Å². The van der Waals surface area contributed by atoms with E-state index < -0.39 is 0 Å². The van der Waals surface area contributed by atoms with Gasteiger partial charge in [-0.25, -0.2) is 0 Å². The van der Waals surface area contributed by atoms with Crippen molar-refractivity contribution in [3.63, 3.8) is 0 Å². The van der Waals surface area contributed by atoms with Gasteiger partial charge in [0.25, 0.3) is 0 Å². The molecule has 1 atom stereocenters. The monoisotopic (exact) mass is 256 g/mol. The predicted molar refractivity (Wildman–Crippen MR) is 73.1 cm³/mol. The lowest BCUT2D eigenvalue weighted by Gasteiger charge is -2.31. The summed E-state index contributed by atoms with van der Waals surface area (Å²) in [5.74, 6) is 0.964. The molecule has 17 heavy (non-hydrogen) atoms. The molecular formula is C13H21ClN2O. The Balaban J connectivity index is 0.00000144. The van der Waals surface area contributed by atoms with Crippen LogP contribution in [0.15, 0.2) is 30.3 Å². The molecule has 0 radical (unpaired) electrons. The van der Waals surface area contributed by atoms with Crippen molar-refractivity contribution >= 4 is 12.4 Å². The predicted octanol–water partition coefficient (Wildman–Crippen LogP) is 1.78. The summed E-state index contributed by atoms with van der Waals surface area (Å²) in [6, 6.07) is 10.6. The van der Waals surface area contributed by atoms with Crippen LogP contribution in [0.5, 0.6) is 5.75 Å². The van der Waals surface area contributed by atoms with Crippen LogP contribution in [0, 0.1) is 0 Å². The van der Waals surface area contributed by atoms with E-state index in [1.54, 1.807) is 0 Å². The van der Waals surface area contributed by atoms with Gasteiger partial charge in [-0.2, -0.15) is 0 Å². The van der Waals surface area contributed by atoms with Crippen LogP contribution < -0.4 is 10.1 Å². The lowest BCUT2D eigenvalue weighted by atomic mass is 10.2. The van der Waals surface area contributed by atoms with Gasteiger partial charge in [0.1, 0.15) is 12.4 Å². The third-order valence-electron chi connectivity index (χ3n) is 2.87. The number of nitrogens with one attached hydrogen (secondary N) is 1. The minimum atomic E-state index is 0. The molecule has 0 bridgehead atoms. The highest BCUT2D eigenvalue weighted by Crippen LogP contribution is 2.08. The fraction of sp³-hybridized carbons (Fsp3) is 0.538. The number of benzene rings is 1. The average Bonchev–Trinajstić information content (AvgIpc) is 2.30. The molecule has 0 aliphatic carbocycles. The van der Waals surface area contributed by atoms with Crippen molar-refractivity contribution in [1.82, 2.24) is 10.2 Å². The van der Waals surface area contributed by atoms with E-state index in [2.05, 4.69) is 17.1 Å². The van der Waals surface area contributed by atoms with Crippen LogP contribution in [0.3, 0.4) is 0 Å². The SMILES string of the molecule is CC1CN(CCOc2ccccc2)CCN1.Cl. The molecule has 2 rings (SSSR count). The van der Waals surface area contributed by atoms with Crippen molar-refractivity contribution < 1.29 is 4.74 Å². The van der Waals surface area contributed by atoms with E-state index in [-0.39, 0.29) is 12.4 Å². The summed E-state index contributed by atoms with van der Waals surface area (Å²) >= 11 is 0. The quantitative estimate of drug-likeness (QED) is 0.889. The number of halogens is 1. The van der Waals surface area contributed by atoms with Gasteiger partial charge >= 0.3 is 0 Å². The van der Waals surface area contributed by atoms with Crippen LogP contribution in [0.2, 0.25) is 0 Å². The Morgan fingerprint density at radius 2 is 2.12 bits per heavy atom. The summed E-state index contributed by atoms with van der Waals surface area (Å²) in [4.78, 5) is 2.45. The standard InChI is InChI=1S/C13H20N2O.ClH/c1-12-11-15(8-7-14-12)9-10-16-13-5-3-2-4-6-13;/h2-6,12,14H,7-11H2,1H3;1H. The molecule has 0 spiro atoms. The van der Waals surface area contributed by atoms with E-state index in [1.165, 1.54) is 0 Å². The Bertz CT molecular complexity index is 308. The molecule has 1 saturated heterocycles. The second-order valence-corrected chi connectivity index (χ2v) is 4.32. The number of nitrogens with zero attached hydrogens (tertiary/aromatic N) is 1. The fourth-order valence-electron chi connectivity index (χ4n) is 2.02. The van der Waals surface area contributed by atoms with Crippen LogP contribution >= 0.6 is 12.4 Å². The smallest absolute Gasteiger partial charge is 0.119 e. The van der Waals surface area contributed by atoms with Gasteiger partial charge in [-0.1, -0.05) is 18.2 Å². The summed E-state index contributed by atoms with van der Waals surface area (Å²) < 4.78 is 5.68. The van der Waals surface area contributed by atoms with Crippen LogP contribution in [0.4, 0.5) is 0 Å². The largest absolute Gasteiger partial charge is 0.492 e. The molecule has 1 aromatic rings. The van der Waals surface area contributed by atoms with Gasteiger partial charge in [0.15, 0.2) is 0 Å². The van der Waals surface area contributed by atoms with Crippen molar-refractivity contribution in [2.45, 2.75) is 13.0 Å². The molecule has 1 aliphatic rings. The maximum atomic E-state index is 5.68. The molecule has 1 unspecified atom stereocenters. The third-order valence-corrected chi connectivity index (χ3v) is 2.87. The number of ether oxygens (including phenoxy) is 1. The van der Waals surface area contributed by atoms with Gasteiger partial charge in [-0.15, -0.1) is 12.4 Å².